The molecule has 0 aromatic carbocycles. The summed E-state index contributed by atoms with van der Waals surface area (Å²) in [5.41, 5.74) is 1.28. The molecule has 1 fully saturated rings. The number of piperazine rings is 1. The third-order valence-corrected chi connectivity index (χ3v) is 4.45. The topological polar surface area (TPSA) is 56.9 Å². The van der Waals surface area contributed by atoms with E-state index >= 15 is 0 Å². The monoisotopic (exact) mass is 463 g/mol. The van der Waals surface area contributed by atoms with Crippen molar-refractivity contribution in [3.8, 4) is 0 Å². The Balaban J connectivity index is 0.00000312. The minimum atomic E-state index is 0. The molecule has 1 N–H and O–H groups in total. The van der Waals surface area contributed by atoms with Gasteiger partial charge in [-0.25, -0.2) is 0 Å². The van der Waals surface area contributed by atoms with Crippen molar-refractivity contribution in [1.82, 2.24) is 20.3 Å². The number of nitrogens with zero attached hydrogens (tertiary/aromatic N) is 4. The summed E-state index contributed by atoms with van der Waals surface area (Å²) in [6, 6.07) is 1.93. The van der Waals surface area contributed by atoms with Crippen molar-refractivity contribution < 1.29 is 4.52 Å². The summed E-state index contributed by atoms with van der Waals surface area (Å²) in [4.78, 5) is 9.24. The second-order valence-corrected chi connectivity index (χ2v) is 7.92. The summed E-state index contributed by atoms with van der Waals surface area (Å²) >= 11 is 0. The third-order valence-electron chi connectivity index (χ3n) is 4.45. The molecule has 0 spiro atoms. The molecule has 0 amide bonds. The summed E-state index contributed by atoms with van der Waals surface area (Å²) in [7, 11) is 1.87. The second kappa shape index (κ2) is 10.4. The first kappa shape index (κ1) is 22.2. The van der Waals surface area contributed by atoms with E-state index in [2.05, 4.69) is 53.0 Å². The van der Waals surface area contributed by atoms with Gasteiger partial charge in [-0.15, -0.1) is 24.0 Å². The SMILES string of the molecule is CN=C(NCC(C)(C)CC(C)C)N1CCN(Cc2ccon2)CC1.I. The smallest absolute Gasteiger partial charge is 0.193 e. The number of aromatic nitrogens is 1. The first-order valence-electron chi connectivity index (χ1n) is 8.97. The largest absolute Gasteiger partial charge is 0.364 e. The minimum Gasteiger partial charge on any atom is -0.364 e. The predicted molar refractivity (Wildman–Crippen MR) is 113 cm³/mol. The fraction of sp³-hybridized carbons (Fsp3) is 0.778. The van der Waals surface area contributed by atoms with E-state index in [0.29, 0.717) is 5.92 Å². The van der Waals surface area contributed by atoms with Gasteiger partial charge in [0, 0.05) is 52.4 Å². The van der Waals surface area contributed by atoms with Crippen LogP contribution in [0.1, 0.15) is 39.8 Å². The molecule has 0 atom stereocenters. The van der Waals surface area contributed by atoms with Crippen LogP contribution in [0.2, 0.25) is 0 Å². The van der Waals surface area contributed by atoms with E-state index in [9.17, 15) is 0 Å². The highest BCUT2D eigenvalue weighted by Gasteiger charge is 2.23. The molecule has 1 aliphatic heterocycles. The van der Waals surface area contributed by atoms with Crippen LogP contribution in [-0.4, -0.2) is 60.7 Å². The van der Waals surface area contributed by atoms with Crippen molar-refractivity contribution in [2.45, 2.75) is 40.7 Å². The molecule has 2 rings (SSSR count). The Labute approximate surface area is 169 Å². The van der Waals surface area contributed by atoms with Gasteiger partial charge in [0.2, 0.25) is 0 Å². The van der Waals surface area contributed by atoms with Crippen molar-refractivity contribution in [1.29, 1.82) is 0 Å². The van der Waals surface area contributed by atoms with Crippen molar-refractivity contribution in [2.24, 2.45) is 16.3 Å². The number of rotatable bonds is 6. The second-order valence-electron chi connectivity index (χ2n) is 7.92. The Hall–Kier alpha value is -0.830. The summed E-state index contributed by atoms with van der Waals surface area (Å²) < 4.78 is 4.91. The highest BCUT2D eigenvalue weighted by molar-refractivity contribution is 14.0. The van der Waals surface area contributed by atoms with Gasteiger partial charge in [0.1, 0.15) is 6.26 Å². The molecule has 7 heteroatoms. The van der Waals surface area contributed by atoms with E-state index in [1.54, 1.807) is 6.26 Å². The number of guanidine groups is 1. The minimum absolute atomic E-state index is 0. The molecule has 0 aliphatic carbocycles. The maximum absolute atomic E-state index is 4.91. The lowest BCUT2D eigenvalue weighted by atomic mass is 9.84. The molecule has 1 saturated heterocycles. The molecule has 6 nitrogen and oxygen atoms in total. The van der Waals surface area contributed by atoms with Crippen LogP contribution in [0.5, 0.6) is 0 Å². The average molecular weight is 463 g/mol. The van der Waals surface area contributed by atoms with Gasteiger partial charge in [-0.05, 0) is 17.8 Å². The number of nitrogens with one attached hydrogen (secondary N) is 1. The number of halogens is 1. The Morgan fingerprint density at radius 3 is 2.52 bits per heavy atom. The fourth-order valence-corrected chi connectivity index (χ4v) is 3.49. The first-order chi connectivity index (χ1) is 11.4. The van der Waals surface area contributed by atoms with Gasteiger partial charge in [-0.3, -0.25) is 9.89 Å². The van der Waals surface area contributed by atoms with Crippen LogP contribution >= 0.6 is 24.0 Å². The number of aliphatic imine (C=N–C) groups is 1. The normalized spacial score (nSPS) is 16.9. The maximum Gasteiger partial charge on any atom is 0.193 e. The Morgan fingerprint density at radius 2 is 2.00 bits per heavy atom. The van der Waals surface area contributed by atoms with E-state index in [1.807, 2.05) is 13.1 Å². The van der Waals surface area contributed by atoms with Crippen LogP contribution in [0.4, 0.5) is 0 Å². The maximum atomic E-state index is 4.91. The van der Waals surface area contributed by atoms with Gasteiger partial charge >= 0.3 is 0 Å². The van der Waals surface area contributed by atoms with E-state index in [1.165, 1.54) is 6.42 Å². The van der Waals surface area contributed by atoms with E-state index in [4.69, 9.17) is 4.52 Å². The molecule has 0 saturated carbocycles. The Kier molecular flexibility index (Phi) is 9.20. The molecule has 2 heterocycles. The molecule has 0 unspecified atom stereocenters. The highest BCUT2D eigenvalue weighted by Crippen LogP contribution is 2.24. The van der Waals surface area contributed by atoms with E-state index in [-0.39, 0.29) is 29.4 Å². The van der Waals surface area contributed by atoms with Crippen LogP contribution in [0, 0.1) is 11.3 Å². The zero-order valence-corrected chi connectivity index (χ0v) is 18.6. The van der Waals surface area contributed by atoms with E-state index < -0.39 is 0 Å². The lowest BCUT2D eigenvalue weighted by molar-refractivity contribution is 0.167. The molecule has 0 radical (unpaired) electrons. The third kappa shape index (κ3) is 7.52. The fourth-order valence-electron chi connectivity index (χ4n) is 3.49. The summed E-state index contributed by atoms with van der Waals surface area (Å²) in [6.45, 7) is 15.0. The Morgan fingerprint density at radius 1 is 1.32 bits per heavy atom. The summed E-state index contributed by atoms with van der Waals surface area (Å²) in [5, 5.41) is 7.57. The predicted octanol–water partition coefficient (Wildman–Crippen LogP) is 3.06. The van der Waals surface area contributed by atoms with Gasteiger partial charge in [-0.1, -0.05) is 32.9 Å². The van der Waals surface area contributed by atoms with Gasteiger partial charge in [0.15, 0.2) is 5.96 Å². The number of hydrogen-bond acceptors (Lipinski definition) is 4. The molecule has 1 aromatic rings. The van der Waals surface area contributed by atoms with Crippen LogP contribution in [0.3, 0.4) is 0 Å². The van der Waals surface area contributed by atoms with Crippen molar-refractivity contribution >= 4 is 29.9 Å². The molecular formula is C18H34IN5O. The number of hydrogen-bond donors (Lipinski definition) is 1. The Bertz CT molecular complexity index is 508. The van der Waals surface area contributed by atoms with Crippen LogP contribution in [0.15, 0.2) is 21.8 Å². The lowest BCUT2D eigenvalue weighted by Crippen LogP contribution is -2.53. The molecular weight excluding hydrogens is 429 g/mol. The average Bonchev–Trinajstić information content (AvgIpc) is 3.01. The van der Waals surface area contributed by atoms with Crippen molar-refractivity contribution in [2.75, 3.05) is 39.8 Å². The molecule has 1 aliphatic rings. The van der Waals surface area contributed by atoms with Gasteiger partial charge in [0.25, 0.3) is 0 Å². The van der Waals surface area contributed by atoms with Gasteiger partial charge in [0.05, 0.1) is 5.69 Å². The molecule has 144 valence electrons. The van der Waals surface area contributed by atoms with Crippen LogP contribution < -0.4 is 5.32 Å². The summed E-state index contributed by atoms with van der Waals surface area (Å²) in [5.74, 6) is 1.73. The molecule has 25 heavy (non-hydrogen) atoms. The quantitative estimate of drug-likeness (QED) is 0.399. The van der Waals surface area contributed by atoms with Crippen LogP contribution in [-0.2, 0) is 6.54 Å². The zero-order chi connectivity index (χ0) is 17.6. The van der Waals surface area contributed by atoms with Gasteiger partial charge in [-0.2, -0.15) is 0 Å². The highest BCUT2D eigenvalue weighted by atomic mass is 127. The zero-order valence-electron chi connectivity index (χ0n) is 16.3. The molecule has 1 aromatic heterocycles. The van der Waals surface area contributed by atoms with Gasteiger partial charge < -0.3 is 14.7 Å². The van der Waals surface area contributed by atoms with Crippen molar-refractivity contribution in [3.05, 3.63) is 18.0 Å². The lowest BCUT2D eigenvalue weighted by Gasteiger charge is -2.37. The standard InChI is InChI=1S/C18H33N5O.HI/c1-15(2)12-18(3,4)14-20-17(19-5)23-9-7-22(8-10-23)13-16-6-11-24-21-16;/h6,11,15H,7-10,12-14H2,1-5H3,(H,19,20);1H. The first-order valence-corrected chi connectivity index (χ1v) is 8.97. The molecule has 0 bridgehead atoms. The van der Waals surface area contributed by atoms with E-state index in [0.717, 1.165) is 50.9 Å². The van der Waals surface area contributed by atoms with Crippen LogP contribution in [0.25, 0.3) is 0 Å². The van der Waals surface area contributed by atoms with Crippen molar-refractivity contribution in [3.63, 3.8) is 0 Å². The summed E-state index contributed by atoms with van der Waals surface area (Å²) in [6.07, 6.45) is 2.85.